The number of para-hydroxylation sites is 1. The summed E-state index contributed by atoms with van der Waals surface area (Å²) >= 11 is 0. The molecular weight excluding hydrogens is 389 g/mol. The van der Waals surface area contributed by atoms with Crippen molar-refractivity contribution in [2.45, 2.75) is 24.7 Å². The molecule has 2 rings (SSSR count). The summed E-state index contributed by atoms with van der Waals surface area (Å²) in [4.78, 5) is 10.3. The number of hydrogen-bond donors (Lipinski definition) is 2. The lowest BCUT2D eigenvalue weighted by atomic mass is 10.1. The topological polar surface area (TPSA) is 102 Å². The van der Waals surface area contributed by atoms with Crippen LogP contribution in [0.1, 0.15) is 29.3 Å². The molecule has 0 heterocycles. The summed E-state index contributed by atoms with van der Waals surface area (Å²) in [6, 6.07) is 7.90. The summed E-state index contributed by atoms with van der Waals surface area (Å²) in [5.41, 5.74) is 0.417. The van der Waals surface area contributed by atoms with Crippen molar-refractivity contribution in [3.63, 3.8) is 0 Å². The van der Waals surface area contributed by atoms with Crippen LogP contribution in [0.25, 0.3) is 0 Å². The maximum Gasteiger partial charge on any atom is 0.335 e. The minimum absolute atomic E-state index is 0.0330. The lowest BCUT2D eigenvalue weighted by Crippen LogP contribution is -2.27. The molecule has 0 unspecified atom stereocenters. The molecule has 0 aliphatic carbocycles. The number of halogens is 1. The van der Waals surface area contributed by atoms with Crippen molar-refractivity contribution in [1.29, 1.82) is 0 Å². The number of hydrogen-bond acceptors (Lipinski definition) is 5. The number of carbonyl (C=O) groups is 1. The minimum atomic E-state index is -4.22. The number of benzene rings is 2. The van der Waals surface area contributed by atoms with E-state index >= 15 is 0 Å². The van der Waals surface area contributed by atoms with Crippen molar-refractivity contribution in [2.75, 3.05) is 20.3 Å². The maximum atomic E-state index is 13.9. The van der Waals surface area contributed by atoms with Crippen molar-refractivity contribution < 1.29 is 32.2 Å². The van der Waals surface area contributed by atoms with Crippen LogP contribution in [0.4, 0.5) is 4.39 Å². The lowest BCUT2D eigenvalue weighted by molar-refractivity contribution is 0.0696. The molecule has 0 bridgehead atoms. The highest BCUT2D eigenvalue weighted by Gasteiger charge is 2.21. The molecule has 0 spiro atoms. The van der Waals surface area contributed by atoms with E-state index in [4.69, 9.17) is 14.6 Å². The summed E-state index contributed by atoms with van der Waals surface area (Å²) < 4.78 is 52.0. The average Bonchev–Trinajstić information content (AvgIpc) is 2.66. The molecule has 0 radical (unpaired) electrons. The van der Waals surface area contributed by atoms with Gasteiger partial charge in [-0.05, 0) is 42.7 Å². The largest absolute Gasteiger partial charge is 0.493 e. The third-order valence-electron chi connectivity index (χ3n) is 3.88. The molecular formula is C19H22FNO6S. The fourth-order valence-corrected chi connectivity index (χ4v) is 3.66. The smallest absolute Gasteiger partial charge is 0.335 e. The highest BCUT2D eigenvalue weighted by atomic mass is 32.2. The Labute approximate surface area is 163 Å². The number of methoxy groups -OCH3 is 1. The Morgan fingerprint density at radius 1 is 1.25 bits per heavy atom. The van der Waals surface area contributed by atoms with Gasteiger partial charge in [0.05, 0.1) is 19.3 Å². The second-order valence-electron chi connectivity index (χ2n) is 5.90. The quantitative estimate of drug-likeness (QED) is 0.623. The Hall–Kier alpha value is -2.65. The SMILES string of the molecule is CCCOc1c(CCNS(=O)(=O)c2cc(C(=O)O)ccc2F)cccc1OC. The van der Waals surface area contributed by atoms with Crippen LogP contribution in [0, 0.1) is 5.82 Å². The first kappa shape index (κ1) is 21.6. The molecule has 0 aromatic heterocycles. The fraction of sp³-hybridized carbons (Fsp3) is 0.316. The second kappa shape index (κ2) is 9.52. The Morgan fingerprint density at radius 2 is 2.00 bits per heavy atom. The zero-order chi connectivity index (χ0) is 20.7. The van der Waals surface area contributed by atoms with Crippen LogP contribution < -0.4 is 14.2 Å². The predicted octanol–water partition coefficient (Wildman–Crippen LogP) is 2.84. The van der Waals surface area contributed by atoms with Crippen molar-refractivity contribution >= 4 is 16.0 Å². The van der Waals surface area contributed by atoms with Crippen LogP contribution in [0.15, 0.2) is 41.3 Å². The molecule has 9 heteroatoms. The molecule has 152 valence electrons. The molecule has 0 aliphatic rings. The van der Waals surface area contributed by atoms with E-state index < -0.39 is 26.7 Å². The molecule has 2 aromatic carbocycles. The number of aromatic carboxylic acids is 1. The van der Waals surface area contributed by atoms with E-state index in [-0.39, 0.29) is 18.5 Å². The number of carboxylic acids is 1. The molecule has 0 saturated carbocycles. The standard InChI is InChI=1S/C19H22FNO6S/c1-3-11-27-18-13(5-4-6-16(18)26-2)9-10-21-28(24,25)17-12-14(19(22)23)7-8-15(17)20/h4-8,12,21H,3,9-11H2,1-2H3,(H,22,23). The molecule has 0 aliphatic heterocycles. The van der Waals surface area contributed by atoms with Gasteiger partial charge < -0.3 is 14.6 Å². The van der Waals surface area contributed by atoms with Gasteiger partial charge in [-0.1, -0.05) is 19.1 Å². The zero-order valence-corrected chi connectivity index (χ0v) is 16.4. The van der Waals surface area contributed by atoms with Gasteiger partial charge in [0.25, 0.3) is 0 Å². The first-order valence-electron chi connectivity index (χ1n) is 8.61. The lowest BCUT2D eigenvalue weighted by Gasteiger charge is -2.15. The summed E-state index contributed by atoms with van der Waals surface area (Å²) in [7, 11) is -2.71. The van der Waals surface area contributed by atoms with Gasteiger partial charge in [-0.2, -0.15) is 0 Å². The predicted molar refractivity (Wildman–Crippen MR) is 101 cm³/mol. The van der Waals surface area contributed by atoms with Crippen LogP contribution in [-0.4, -0.2) is 39.8 Å². The van der Waals surface area contributed by atoms with E-state index in [1.807, 2.05) is 6.92 Å². The van der Waals surface area contributed by atoms with Gasteiger partial charge in [0.2, 0.25) is 10.0 Å². The minimum Gasteiger partial charge on any atom is -0.493 e. The van der Waals surface area contributed by atoms with E-state index in [1.165, 1.54) is 7.11 Å². The van der Waals surface area contributed by atoms with Gasteiger partial charge in [0.15, 0.2) is 11.5 Å². The number of carboxylic acid groups (broad SMARTS) is 1. The third kappa shape index (κ3) is 5.20. The average molecular weight is 411 g/mol. The van der Waals surface area contributed by atoms with Crippen LogP contribution in [0.3, 0.4) is 0 Å². The van der Waals surface area contributed by atoms with Gasteiger partial charge in [-0.3, -0.25) is 0 Å². The van der Waals surface area contributed by atoms with Crippen molar-refractivity contribution in [3.05, 3.63) is 53.3 Å². The maximum absolute atomic E-state index is 13.9. The van der Waals surface area contributed by atoms with Gasteiger partial charge >= 0.3 is 5.97 Å². The normalized spacial score (nSPS) is 11.2. The van der Waals surface area contributed by atoms with E-state index in [9.17, 15) is 17.6 Å². The molecule has 2 N–H and O–H groups in total. The first-order valence-corrected chi connectivity index (χ1v) is 10.1. The Balaban J connectivity index is 2.17. The van der Waals surface area contributed by atoms with Gasteiger partial charge in [-0.15, -0.1) is 0 Å². The first-order chi connectivity index (χ1) is 13.3. The van der Waals surface area contributed by atoms with E-state index in [2.05, 4.69) is 4.72 Å². The van der Waals surface area contributed by atoms with Crippen LogP contribution in [-0.2, 0) is 16.4 Å². The fourth-order valence-electron chi connectivity index (χ4n) is 2.53. The summed E-state index contributed by atoms with van der Waals surface area (Å²) in [6.07, 6.45) is 1.07. The molecule has 0 fully saturated rings. The number of nitrogens with one attached hydrogen (secondary N) is 1. The number of ether oxygens (including phenoxy) is 2. The Kier molecular flexibility index (Phi) is 7.36. The highest BCUT2D eigenvalue weighted by molar-refractivity contribution is 7.89. The summed E-state index contributed by atoms with van der Waals surface area (Å²) in [5.74, 6) is -1.30. The molecule has 0 atom stereocenters. The van der Waals surface area contributed by atoms with Crippen molar-refractivity contribution in [3.8, 4) is 11.5 Å². The van der Waals surface area contributed by atoms with Gasteiger partial charge in [0, 0.05) is 6.54 Å². The zero-order valence-electron chi connectivity index (χ0n) is 15.6. The molecule has 0 amide bonds. The monoisotopic (exact) mass is 411 g/mol. The van der Waals surface area contributed by atoms with E-state index in [1.54, 1.807) is 18.2 Å². The third-order valence-corrected chi connectivity index (χ3v) is 5.36. The molecule has 28 heavy (non-hydrogen) atoms. The van der Waals surface area contributed by atoms with E-state index in [0.717, 1.165) is 30.2 Å². The molecule has 0 saturated heterocycles. The summed E-state index contributed by atoms with van der Waals surface area (Å²) in [5, 5.41) is 8.98. The van der Waals surface area contributed by atoms with Crippen molar-refractivity contribution in [1.82, 2.24) is 4.72 Å². The summed E-state index contributed by atoms with van der Waals surface area (Å²) in [6.45, 7) is 2.41. The van der Waals surface area contributed by atoms with Gasteiger partial charge in [0.1, 0.15) is 10.7 Å². The van der Waals surface area contributed by atoms with E-state index in [0.29, 0.717) is 18.1 Å². The Morgan fingerprint density at radius 3 is 2.64 bits per heavy atom. The number of rotatable bonds is 10. The highest BCUT2D eigenvalue weighted by Crippen LogP contribution is 2.31. The number of sulfonamides is 1. The van der Waals surface area contributed by atoms with Crippen LogP contribution in [0.5, 0.6) is 11.5 Å². The molecule has 2 aromatic rings. The second-order valence-corrected chi connectivity index (χ2v) is 7.63. The van der Waals surface area contributed by atoms with Crippen LogP contribution in [0.2, 0.25) is 0 Å². The van der Waals surface area contributed by atoms with Crippen molar-refractivity contribution in [2.24, 2.45) is 0 Å². The molecule has 7 nitrogen and oxygen atoms in total. The van der Waals surface area contributed by atoms with Gasteiger partial charge in [-0.25, -0.2) is 22.3 Å². The Bertz CT molecular complexity index is 945. The van der Waals surface area contributed by atoms with Crippen LogP contribution >= 0.6 is 0 Å².